The Balaban J connectivity index is 1.47. The zero-order valence-electron chi connectivity index (χ0n) is 16.6. The molecule has 28 heavy (non-hydrogen) atoms. The van der Waals surface area contributed by atoms with Crippen LogP contribution in [0.1, 0.15) is 63.5 Å². The molecule has 1 aromatic rings. The number of rotatable bonds is 0. The lowest BCUT2D eigenvalue weighted by Gasteiger charge is -2.36. The zero-order chi connectivity index (χ0) is 18.5. The Kier molecular flexibility index (Phi) is 2.53. The normalized spacial score (nSPS) is 51.5. The average molecular weight is 380 g/mol. The lowest BCUT2D eigenvalue weighted by molar-refractivity contribution is 0.225. The van der Waals surface area contributed by atoms with Gasteiger partial charge in [-0.1, -0.05) is 0 Å². The maximum absolute atomic E-state index is 13.3. The van der Waals surface area contributed by atoms with Crippen molar-refractivity contribution in [3.63, 3.8) is 0 Å². The third-order valence-electron chi connectivity index (χ3n) is 10.8. The molecule has 0 radical (unpaired) electrons. The van der Waals surface area contributed by atoms with Gasteiger partial charge in [0.25, 0.3) is 0 Å². The zero-order valence-corrected chi connectivity index (χ0v) is 16.6. The van der Waals surface area contributed by atoms with Gasteiger partial charge in [0.2, 0.25) is 0 Å². The van der Waals surface area contributed by atoms with Crippen LogP contribution in [-0.4, -0.2) is 13.9 Å². The van der Waals surface area contributed by atoms with Crippen molar-refractivity contribution < 1.29 is 0 Å². The summed E-state index contributed by atoms with van der Waals surface area (Å²) in [6.45, 7) is 0. The van der Waals surface area contributed by atoms with Gasteiger partial charge in [0.15, 0.2) is 0 Å². The summed E-state index contributed by atoms with van der Waals surface area (Å²) in [4.78, 5) is 26.6. The summed E-state index contributed by atoms with van der Waals surface area (Å²) in [5, 5.41) is 0. The van der Waals surface area contributed by atoms with Crippen LogP contribution in [0.25, 0.3) is 0 Å². The Labute approximate surface area is 164 Å². The van der Waals surface area contributed by atoms with Gasteiger partial charge in [-0.05, 0) is 110 Å². The molecule has 8 rings (SSSR count). The summed E-state index contributed by atoms with van der Waals surface area (Å²) in [5.74, 6) is 5.98. The van der Waals surface area contributed by atoms with E-state index in [1.165, 1.54) is 55.9 Å². The van der Waals surface area contributed by atoms with Crippen LogP contribution in [0.3, 0.4) is 0 Å². The summed E-state index contributed by atoms with van der Waals surface area (Å²) in [7, 11) is 1.70. The minimum Gasteiger partial charge on any atom is -0.246 e. The van der Waals surface area contributed by atoms with Crippen LogP contribution < -0.4 is 11.4 Å². The quantitative estimate of drug-likeness (QED) is 0.651. The van der Waals surface area contributed by atoms with Gasteiger partial charge >= 0.3 is 11.4 Å². The summed E-state index contributed by atoms with van der Waals surface area (Å²) in [6, 6.07) is 0.400. The minimum atomic E-state index is -0.0541. The molecule has 0 spiro atoms. The van der Waals surface area contributed by atoms with Crippen molar-refractivity contribution in [2.24, 2.45) is 54.4 Å². The van der Waals surface area contributed by atoms with Crippen molar-refractivity contribution >= 4 is 0 Å². The Morgan fingerprint density at radius 3 is 1.54 bits per heavy atom. The molecule has 1 aromatic heterocycles. The van der Waals surface area contributed by atoms with E-state index in [2.05, 4.69) is 0 Å². The number of nitrogens with zero attached hydrogens (tertiary/aromatic N) is 3. The lowest BCUT2D eigenvalue weighted by Crippen LogP contribution is -2.41. The van der Waals surface area contributed by atoms with E-state index in [4.69, 9.17) is 0 Å². The fourth-order valence-electron chi connectivity index (χ4n) is 10.2. The Morgan fingerprint density at radius 2 is 1.07 bits per heavy atom. The minimum absolute atomic E-state index is 0.0541. The van der Waals surface area contributed by atoms with Crippen molar-refractivity contribution in [3.05, 3.63) is 32.1 Å². The lowest BCUT2D eigenvalue weighted by atomic mass is 9.83. The van der Waals surface area contributed by atoms with E-state index in [0.29, 0.717) is 23.7 Å². The van der Waals surface area contributed by atoms with Crippen molar-refractivity contribution in [1.29, 1.82) is 0 Å². The van der Waals surface area contributed by atoms with Gasteiger partial charge in [-0.25, -0.2) is 23.5 Å². The van der Waals surface area contributed by atoms with E-state index in [0.717, 1.165) is 23.7 Å². The van der Waals surface area contributed by atoms with Gasteiger partial charge in [-0.3, -0.25) is 0 Å². The topological polar surface area (TPSA) is 48.9 Å². The fourth-order valence-corrected chi connectivity index (χ4v) is 10.2. The smallest absolute Gasteiger partial charge is 0.246 e. The SMILES string of the molecule is Cn1c(=O)n2n(c1=O)[C@@H]1C(=C3[C@@H]2[C@@H]2CC[C@H]4CC[C@@H]3[C@@H]42)[C@@H]2CC[C@@H]3CC[C@H]1[C@@H]32. The fraction of sp³-hybridized carbons (Fsp3) is 0.826. The molecule has 7 aliphatic rings. The Morgan fingerprint density at radius 1 is 0.643 bits per heavy atom. The van der Waals surface area contributed by atoms with E-state index in [1.54, 1.807) is 18.2 Å². The molecule has 0 amide bonds. The van der Waals surface area contributed by atoms with Gasteiger partial charge < -0.3 is 0 Å². The highest BCUT2D eigenvalue weighted by Crippen LogP contribution is 2.71. The second-order valence-electron chi connectivity index (χ2n) is 11.1. The standard InChI is InChI=1S/C23H29N3O2/c1-24-22(27)25-20-14-8-4-10-2-6-12(16(10)14)18(20)19-13-7-3-11-5-9-15(17(11)13)21(19)26(25)23(24)28/h10-17,20-21H,2-9H2,1H3/t10-,11-,12-,13-,14-,15+,16-,17+,20+,21+/m1/s1. The molecule has 0 aromatic carbocycles. The second-order valence-corrected chi connectivity index (χ2v) is 11.1. The first-order valence-electron chi connectivity index (χ1n) is 11.8. The van der Waals surface area contributed by atoms with Crippen LogP contribution in [0.15, 0.2) is 20.7 Å². The van der Waals surface area contributed by atoms with Crippen molar-refractivity contribution in [3.8, 4) is 0 Å². The summed E-state index contributed by atoms with van der Waals surface area (Å²) < 4.78 is 5.39. The predicted octanol–water partition coefficient (Wildman–Crippen LogP) is 2.87. The van der Waals surface area contributed by atoms with E-state index < -0.39 is 0 Å². The number of fused-ring (bicyclic) bond motifs is 9. The summed E-state index contributed by atoms with van der Waals surface area (Å²) >= 11 is 0. The first-order valence-corrected chi connectivity index (χ1v) is 11.8. The summed E-state index contributed by atoms with van der Waals surface area (Å²) in [5.41, 5.74) is 3.27. The van der Waals surface area contributed by atoms with E-state index in [1.807, 2.05) is 9.36 Å². The second kappa shape index (κ2) is 4.62. The third kappa shape index (κ3) is 1.39. The molecule has 1 aliphatic heterocycles. The molecule has 148 valence electrons. The first kappa shape index (κ1) is 15.3. The Hall–Kier alpha value is -1.52. The maximum atomic E-state index is 13.3. The molecule has 0 saturated heterocycles. The van der Waals surface area contributed by atoms with Crippen LogP contribution in [0.5, 0.6) is 0 Å². The molecule has 6 saturated carbocycles. The first-order chi connectivity index (χ1) is 13.7. The van der Waals surface area contributed by atoms with E-state index in [9.17, 15) is 9.59 Å². The van der Waals surface area contributed by atoms with Crippen molar-refractivity contribution in [2.75, 3.05) is 0 Å². The molecule has 6 aliphatic carbocycles. The van der Waals surface area contributed by atoms with Crippen LogP contribution >= 0.6 is 0 Å². The molecule has 0 N–H and O–H groups in total. The molecule has 6 fully saturated rings. The molecule has 5 heteroatoms. The van der Waals surface area contributed by atoms with Gasteiger partial charge in [0, 0.05) is 7.05 Å². The van der Waals surface area contributed by atoms with Gasteiger partial charge in [-0.2, -0.15) is 0 Å². The molecule has 0 unspecified atom stereocenters. The molecule has 5 nitrogen and oxygen atoms in total. The highest BCUT2D eigenvalue weighted by atomic mass is 16.2. The average Bonchev–Trinajstić information content (AvgIpc) is 3.46. The van der Waals surface area contributed by atoms with Crippen LogP contribution in [0.2, 0.25) is 0 Å². The van der Waals surface area contributed by atoms with E-state index in [-0.39, 0.29) is 23.5 Å². The number of aromatic nitrogens is 3. The largest absolute Gasteiger partial charge is 0.347 e. The van der Waals surface area contributed by atoms with Crippen LogP contribution in [-0.2, 0) is 7.05 Å². The summed E-state index contributed by atoms with van der Waals surface area (Å²) in [6.07, 6.45) is 10.7. The monoisotopic (exact) mass is 379 g/mol. The van der Waals surface area contributed by atoms with Gasteiger partial charge in [-0.15, -0.1) is 0 Å². The molecular formula is C23H29N3O2. The molecule has 10 atom stereocenters. The third-order valence-corrected chi connectivity index (χ3v) is 10.8. The number of hydrogen-bond donors (Lipinski definition) is 0. The predicted molar refractivity (Wildman–Crippen MR) is 104 cm³/mol. The molecule has 2 heterocycles. The number of allylic oxidation sites excluding steroid dienone is 2. The molecular weight excluding hydrogens is 350 g/mol. The van der Waals surface area contributed by atoms with Gasteiger partial charge in [0.05, 0.1) is 12.1 Å². The highest BCUT2D eigenvalue weighted by Gasteiger charge is 2.65. The van der Waals surface area contributed by atoms with Gasteiger partial charge in [0.1, 0.15) is 0 Å². The van der Waals surface area contributed by atoms with Crippen molar-refractivity contribution in [2.45, 2.75) is 63.5 Å². The van der Waals surface area contributed by atoms with E-state index >= 15 is 0 Å². The molecule has 0 bridgehead atoms. The van der Waals surface area contributed by atoms with Crippen LogP contribution in [0.4, 0.5) is 0 Å². The van der Waals surface area contributed by atoms with Crippen molar-refractivity contribution in [1.82, 2.24) is 13.9 Å². The highest BCUT2D eigenvalue weighted by molar-refractivity contribution is 5.41. The van der Waals surface area contributed by atoms with Crippen LogP contribution in [0, 0.1) is 47.3 Å². The number of hydrogen-bond acceptors (Lipinski definition) is 2. The Bertz CT molecular complexity index is 991. The maximum Gasteiger partial charge on any atom is 0.347 e.